The van der Waals surface area contributed by atoms with Gasteiger partial charge in [-0.1, -0.05) is 37.1 Å². The molecule has 3 rings (SSSR count). The van der Waals surface area contributed by atoms with Gasteiger partial charge in [0.2, 0.25) is 0 Å². The van der Waals surface area contributed by atoms with E-state index in [-0.39, 0.29) is 6.03 Å². The summed E-state index contributed by atoms with van der Waals surface area (Å²) in [6.45, 7) is 3.44. The number of carbonyl (C=O) groups excluding carboxylic acids is 1. The van der Waals surface area contributed by atoms with Crippen LogP contribution in [0.3, 0.4) is 0 Å². The second kappa shape index (κ2) is 5.01. The molecule has 18 heavy (non-hydrogen) atoms. The Balaban J connectivity index is 1.68. The van der Waals surface area contributed by atoms with E-state index < -0.39 is 0 Å². The summed E-state index contributed by atoms with van der Waals surface area (Å²) < 4.78 is 0. The third-order valence-electron chi connectivity index (χ3n) is 3.99. The minimum atomic E-state index is 0.230. The molecule has 2 aliphatic rings. The number of carbonyl (C=O) groups is 1. The summed E-state index contributed by atoms with van der Waals surface area (Å²) in [6, 6.07) is 8.60. The third-order valence-corrected chi connectivity index (χ3v) is 3.99. The number of likely N-dealkylation sites (tertiary alicyclic amines) is 1. The van der Waals surface area contributed by atoms with E-state index in [1.807, 2.05) is 9.80 Å². The van der Waals surface area contributed by atoms with Crippen LogP contribution in [0.4, 0.5) is 4.79 Å². The Hall–Kier alpha value is -1.51. The molecule has 2 amide bonds. The van der Waals surface area contributed by atoms with Crippen LogP contribution in [0.5, 0.6) is 0 Å². The predicted octanol–water partition coefficient (Wildman–Crippen LogP) is 3.00. The van der Waals surface area contributed by atoms with Crippen LogP contribution in [-0.4, -0.2) is 28.9 Å². The van der Waals surface area contributed by atoms with E-state index in [0.717, 1.165) is 39.0 Å². The van der Waals surface area contributed by atoms with Crippen molar-refractivity contribution < 1.29 is 4.79 Å². The van der Waals surface area contributed by atoms with Crippen LogP contribution in [0.1, 0.15) is 36.8 Å². The molecule has 0 atom stereocenters. The number of benzene rings is 1. The fourth-order valence-corrected chi connectivity index (χ4v) is 2.93. The van der Waals surface area contributed by atoms with Gasteiger partial charge in [0.1, 0.15) is 0 Å². The van der Waals surface area contributed by atoms with Crippen molar-refractivity contribution in [2.75, 3.05) is 13.1 Å². The number of urea groups is 1. The highest BCUT2D eigenvalue weighted by Gasteiger charge is 2.26. The lowest BCUT2D eigenvalue weighted by molar-refractivity contribution is 0.154. The van der Waals surface area contributed by atoms with Gasteiger partial charge in [-0.2, -0.15) is 0 Å². The topological polar surface area (TPSA) is 23.6 Å². The second-order valence-electron chi connectivity index (χ2n) is 5.31. The Morgan fingerprint density at radius 1 is 0.833 bits per heavy atom. The van der Waals surface area contributed by atoms with E-state index in [1.165, 1.54) is 24.0 Å². The molecule has 1 aromatic carbocycles. The van der Waals surface area contributed by atoms with Gasteiger partial charge in [-0.15, -0.1) is 0 Å². The quantitative estimate of drug-likeness (QED) is 0.688. The molecule has 0 aliphatic carbocycles. The van der Waals surface area contributed by atoms with Crippen molar-refractivity contribution in [3.05, 3.63) is 35.4 Å². The molecule has 96 valence electrons. The summed E-state index contributed by atoms with van der Waals surface area (Å²) >= 11 is 0. The van der Waals surface area contributed by atoms with Crippen molar-refractivity contribution in [1.82, 2.24) is 9.80 Å². The van der Waals surface area contributed by atoms with E-state index in [2.05, 4.69) is 24.3 Å². The van der Waals surface area contributed by atoms with Crippen molar-refractivity contribution >= 4 is 6.03 Å². The zero-order chi connectivity index (χ0) is 12.4. The van der Waals surface area contributed by atoms with Crippen molar-refractivity contribution in [3.63, 3.8) is 0 Å². The van der Waals surface area contributed by atoms with Gasteiger partial charge < -0.3 is 9.80 Å². The summed E-state index contributed by atoms with van der Waals surface area (Å²) in [5, 5.41) is 0. The van der Waals surface area contributed by atoms with E-state index in [1.54, 1.807) is 0 Å². The lowest BCUT2D eigenvalue weighted by Gasteiger charge is -2.26. The fourth-order valence-electron chi connectivity index (χ4n) is 2.93. The van der Waals surface area contributed by atoms with Gasteiger partial charge in [0.05, 0.1) is 0 Å². The second-order valence-corrected chi connectivity index (χ2v) is 5.31. The minimum Gasteiger partial charge on any atom is -0.325 e. The number of hydrogen-bond acceptors (Lipinski definition) is 1. The fraction of sp³-hybridized carbons (Fsp3) is 0.533. The Morgan fingerprint density at radius 3 is 1.94 bits per heavy atom. The highest BCUT2D eigenvalue weighted by atomic mass is 16.2. The molecular weight excluding hydrogens is 224 g/mol. The zero-order valence-electron chi connectivity index (χ0n) is 10.8. The largest absolute Gasteiger partial charge is 0.325 e. The molecule has 0 bridgehead atoms. The molecule has 0 unspecified atom stereocenters. The molecule has 2 aliphatic heterocycles. The van der Waals surface area contributed by atoms with Crippen molar-refractivity contribution in [1.29, 1.82) is 0 Å². The van der Waals surface area contributed by atoms with E-state index in [0.29, 0.717) is 0 Å². The molecule has 0 spiro atoms. The van der Waals surface area contributed by atoms with Crippen LogP contribution < -0.4 is 0 Å². The maximum atomic E-state index is 12.5. The number of rotatable bonds is 0. The SMILES string of the molecule is O=C(N1CCCCCC1)N1Cc2ccccc2C1. The summed E-state index contributed by atoms with van der Waals surface area (Å²) in [5.41, 5.74) is 2.61. The molecular formula is C15H20N2O. The first kappa shape index (κ1) is 11.6. The van der Waals surface area contributed by atoms with Crippen LogP contribution in [0, 0.1) is 0 Å². The summed E-state index contributed by atoms with van der Waals surface area (Å²) in [7, 11) is 0. The number of hydrogen-bond donors (Lipinski definition) is 0. The van der Waals surface area contributed by atoms with E-state index in [9.17, 15) is 4.79 Å². The molecule has 0 N–H and O–H groups in total. The Labute approximate surface area is 108 Å². The first-order valence-corrected chi connectivity index (χ1v) is 6.95. The van der Waals surface area contributed by atoms with Crippen molar-refractivity contribution in [2.24, 2.45) is 0 Å². The maximum absolute atomic E-state index is 12.5. The number of nitrogens with zero attached hydrogens (tertiary/aromatic N) is 2. The third kappa shape index (κ3) is 2.22. The Bertz CT molecular complexity index is 411. The number of fused-ring (bicyclic) bond motifs is 1. The van der Waals surface area contributed by atoms with Crippen molar-refractivity contribution in [3.8, 4) is 0 Å². The van der Waals surface area contributed by atoms with Gasteiger partial charge in [-0.05, 0) is 24.0 Å². The predicted molar refractivity (Wildman–Crippen MR) is 71.1 cm³/mol. The van der Waals surface area contributed by atoms with Gasteiger partial charge >= 0.3 is 6.03 Å². The lowest BCUT2D eigenvalue weighted by Crippen LogP contribution is -2.41. The van der Waals surface area contributed by atoms with Crippen LogP contribution in [0.25, 0.3) is 0 Å². The molecule has 1 aromatic rings. The standard InChI is InChI=1S/C15H20N2O/c18-15(16-9-5-1-2-6-10-16)17-11-13-7-3-4-8-14(13)12-17/h3-4,7-8H,1-2,5-6,9-12H2. The van der Waals surface area contributed by atoms with Gasteiger partial charge in [-0.25, -0.2) is 4.79 Å². The summed E-state index contributed by atoms with van der Waals surface area (Å²) in [5.74, 6) is 0. The molecule has 1 saturated heterocycles. The van der Waals surface area contributed by atoms with Gasteiger partial charge in [-0.3, -0.25) is 0 Å². The Kier molecular flexibility index (Phi) is 3.22. The normalized spacial score (nSPS) is 19.6. The Morgan fingerprint density at radius 2 is 1.39 bits per heavy atom. The van der Waals surface area contributed by atoms with Gasteiger partial charge in [0.15, 0.2) is 0 Å². The van der Waals surface area contributed by atoms with Gasteiger partial charge in [0, 0.05) is 26.2 Å². The van der Waals surface area contributed by atoms with Crippen LogP contribution in [0.15, 0.2) is 24.3 Å². The average Bonchev–Trinajstić information content (AvgIpc) is 2.64. The first-order chi connectivity index (χ1) is 8.84. The molecule has 2 heterocycles. The monoisotopic (exact) mass is 244 g/mol. The average molecular weight is 244 g/mol. The van der Waals surface area contributed by atoms with E-state index in [4.69, 9.17) is 0 Å². The van der Waals surface area contributed by atoms with Crippen LogP contribution >= 0.6 is 0 Å². The highest BCUT2D eigenvalue weighted by molar-refractivity contribution is 5.75. The molecule has 3 heteroatoms. The molecule has 0 saturated carbocycles. The van der Waals surface area contributed by atoms with Crippen LogP contribution in [0.2, 0.25) is 0 Å². The lowest BCUT2D eigenvalue weighted by atomic mass is 10.1. The zero-order valence-corrected chi connectivity index (χ0v) is 10.8. The maximum Gasteiger partial charge on any atom is 0.320 e. The molecule has 3 nitrogen and oxygen atoms in total. The summed E-state index contributed by atoms with van der Waals surface area (Å²) in [6.07, 6.45) is 4.85. The van der Waals surface area contributed by atoms with E-state index >= 15 is 0 Å². The highest BCUT2D eigenvalue weighted by Crippen LogP contribution is 2.24. The smallest absolute Gasteiger partial charge is 0.320 e. The summed E-state index contributed by atoms with van der Waals surface area (Å²) in [4.78, 5) is 16.5. The number of amides is 2. The first-order valence-electron chi connectivity index (χ1n) is 6.95. The van der Waals surface area contributed by atoms with Crippen LogP contribution in [-0.2, 0) is 13.1 Å². The van der Waals surface area contributed by atoms with Gasteiger partial charge in [0.25, 0.3) is 0 Å². The molecule has 0 radical (unpaired) electrons. The molecule has 0 aromatic heterocycles. The molecule has 1 fully saturated rings. The van der Waals surface area contributed by atoms with Crippen molar-refractivity contribution in [2.45, 2.75) is 38.8 Å². The minimum absolute atomic E-state index is 0.230.